The van der Waals surface area contributed by atoms with Crippen molar-refractivity contribution in [1.29, 1.82) is 0 Å². The lowest BCUT2D eigenvalue weighted by molar-refractivity contribution is 0.0600. The van der Waals surface area contributed by atoms with Crippen molar-refractivity contribution in [2.75, 3.05) is 20.3 Å². The van der Waals surface area contributed by atoms with Crippen LogP contribution in [0.15, 0.2) is 36.7 Å². The van der Waals surface area contributed by atoms with Crippen LogP contribution in [0, 0.1) is 0 Å². The molecule has 9 heteroatoms. The summed E-state index contributed by atoms with van der Waals surface area (Å²) in [5.74, 6) is 0.903. The van der Waals surface area contributed by atoms with Gasteiger partial charge < -0.3 is 14.2 Å². The summed E-state index contributed by atoms with van der Waals surface area (Å²) < 4.78 is 18.5. The molecule has 1 aromatic carbocycles. The van der Waals surface area contributed by atoms with Crippen molar-refractivity contribution >= 4 is 29.0 Å². The maximum absolute atomic E-state index is 12.0. The fourth-order valence-electron chi connectivity index (χ4n) is 3.62. The Kier molecular flexibility index (Phi) is 5.06. The van der Waals surface area contributed by atoms with Crippen LogP contribution in [0.2, 0.25) is 0 Å². The third-order valence-electron chi connectivity index (χ3n) is 5.27. The van der Waals surface area contributed by atoms with Crippen LogP contribution < -0.4 is 9.47 Å². The summed E-state index contributed by atoms with van der Waals surface area (Å²) in [6.07, 6.45) is 7.92. The lowest BCUT2D eigenvalue weighted by atomic mass is 10.1. The summed E-state index contributed by atoms with van der Waals surface area (Å²) in [6, 6.07) is 7.17. The highest BCUT2D eigenvalue weighted by molar-refractivity contribution is 5.93. The number of methoxy groups -OCH3 is 1. The van der Waals surface area contributed by atoms with Crippen molar-refractivity contribution in [3.8, 4) is 22.9 Å². The van der Waals surface area contributed by atoms with Gasteiger partial charge in [-0.15, -0.1) is 0 Å². The second-order valence-electron chi connectivity index (χ2n) is 7.34. The molecule has 0 amide bonds. The number of hydrogen-bond acceptors (Lipinski definition) is 7. The molecular weight excluding hydrogens is 410 g/mol. The number of ether oxygens (including phenoxy) is 3. The Morgan fingerprint density at radius 1 is 1.16 bits per heavy atom. The number of aromatic nitrogens is 5. The summed E-state index contributed by atoms with van der Waals surface area (Å²) in [5, 5.41) is 12.7. The first-order valence-electron chi connectivity index (χ1n) is 10.2. The lowest BCUT2D eigenvalue weighted by Gasteiger charge is -2.12. The van der Waals surface area contributed by atoms with Crippen LogP contribution in [0.5, 0.6) is 11.6 Å². The van der Waals surface area contributed by atoms with Gasteiger partial charge in [0.25, 0.3) is 0 Å². The van der Waals surface area contributed by atoms with Crippen LogP contribution >= 0.6 is 0 Å². The number of aryl methyl sites for hydroxylation is 1. The SMILES string of the molecule is COC(=O)c1ccc2c(c1)/C=C/c1n[nH]c3cnc(cc13)-c1cnn(C)c1OCCCO2. The van der Waals surface area contributed by atoms with E-state index >= 15 is 0 Å². The molecule has 32 heavy (non-hydrogen) atoms. The molecule has 0 aliphatic carbocycles. The molecule has 0 radical (unpaired) electrons. The van der Waals surface area contributed by atoms with Gasteiger partial charge in [0.05, 0.1) is 60.7 Å². The minimum absolute atomic E-state index is 0.405. The number of benzene rings is 1. The van der Waals surface area contributed by atoms with Gasteiger partial charge in [0, 0.05) is 24.4 Å². The maximum Gasteiger partial charge on any atom is 0.337 e. The van der Waals surface area contributed by atoms with Gasteiger partial charge in [0.2, 0.25) is 5.88 Å². The van der Waals surface area contributed by atoms with Crippen LogP contribution in [-0.4, -0.2) is 51.3 Å². The highest BCUT2D eigenvalue weighted by Gasteiger charge is 2.16. The molecule has 0 atom stereocenters. The van der Waals surface area contributed by atoms with Crippen LogP contribution in [0.25, 0.3) is 34.3 Å². The van der Waals surface area contributed by atoms with Crippen molar-refractivity contribution in [3.05, 3.63) is 53.5 Å². The molecule has 5 rings (SSSR count). The number of aromatic amines is 1. The minimum Gasteiger partial charge on any atom is -0.493 e. The number of H-pyrrole nitrogens is 1. The highest BCUT2D eigenvalue weighted by Crippen LogP contribution is 2.31. The number of rotatable bonds is 1. The highest BCUT2D eigenvalue weighted by atomic mass is 16.5. The zero-order valence-electron chi connectivity index (χ0n) is 17.7. The number of carbonyl (C=O) groups excluding carboxylic acids is 1. The standard InChI is InChI=1S/C23H21N5O4/c1-28-22-17(12-25-28)19-11-16-18(26-27-20(16)13-24-19)6-4-14-10-15(23(29)30-2)5-7-21(14)31-8-3-9-32-22/h4-7,10-13H,3,8-9H2,1-2H3,(H,26,27)/b6-4+. The molecule has 0 unspecified atom stereocenters. The molecule has 162 valence electrons. The Morgan fingerprint density at radius 3 is 2.91 bits per heavy atom. The fourth-order valence-corrected chi connectivity index (χ4v) is 3.62. The first-order chi connectivity index (χ1) is 15.6. The van der Waals surface area contributed by atoms with E-state index in [0.717, 1.165) is 33.4 Å². The van der Waals surface area contributed by atoms with E-state index in [0.29, 0.717) is 36.8 Å². The van der Waals surface area contributed by atoms with Crippen LogP contribution in [0.4, 0.5) is 0 Å². The summed E-state index contributed by atoms with van der Waals surface area (Å²) in [7, 11) is 3.20. The van der Waals surface area contributed by atoms with E-state index in [1.807, 2.05) is 25.3 Å². The molecule has 0 fully saturated rings. The van der Waals surface area contributed by atoms with Crippen molar-refractivity contribution < 1.29 is 19.0 Å². The van der Waals surface area contributed by atoms with Crippen LogP contribution in [0.1, 0.15) is 28.0 Å². The smallest absolute Gasteiger partial charge is 0.337 e. The second kappa shape index (κ2) is 8.18. The normalized spacial score (nSPS) is 14.4. The summed E-state index contributed by atoms with van der Waals surface area (Å²) in [5.41, 5.74) is 4.30. The molecule has 3 aromatic heterocycles. The number of esters is 1. The lowest BCUT2D eigenvalue weighted by Crippen LogP contribution is -2.08. The number of nitrogens with zero attached hydrogens (tertiary/aromatic N) is 4. The Labute approximate surface area is 183 Å². The average molecular weight is 431 g/mol. The van der Waals surface area contributed by atoms with E-state index in [1.54, 1.807) is 35.3 Å². The van der Waals surface area contributed by atoms with Crippen molar-refractivity contribution in [1.82, 2.24) is 25.0 Å². The molecule has 4 heterocycles. The van der Waals surface area contributed by atoms with Gasteiger partial charge in [-0.05, 0) is 36.4 Å². The number of nitrogens with one attached hydrogen (secondary N) is 1. The van der Waals surface area contributed by atoms with E-state index < -0.39 is 5.97 Å². The first-order valence-corrected chi connectivity index (χ1v) is 10.2. The van der Waals surface area contributed by atoms with Gasteiger partial charge in [-0.25, -0.2) is 9.48 Å². The van der Waals surface area contributed by atoms with Crippen LogP contribution in [0.3, 0.4) is 0 Å². The van der Waals surface area contributed by atoms with Crippen LogP contribution in [-0.2, 0) is 11.8 Å². The van der Waals surface area contributed by atoms with Crippen molar-refractivity contribution in [2.45, 2.75) is 6.42 Å². The molecule has 1 aliphatic rings. The zero-order chi connectivity index (χ0) is 22.1. The summed E-state index contributed by atoms with van der Waals surface area (Å²) in [4.78, 5) is 16.6. The summed E-state index contributed by atoms with van der Waals surface area (Å²) >= 11 is 0. The molecular formula is C23H21N5O4. The van der Waals surface area contributed by atoms with E-state index in [1.165, 1.54) is 7.11 Å². The number of pyridine rings is 1. The van der Waals surface area contributed by atoms with Gasteiger partial charge in [-0.2, -0.15) is 10.2 Å². The fraction of sp³-hybridized carbons (Fsp3) is 0.217. The average Bonchev–Trinajstić information content (AvgIpc) is 3.39. The molecule has 0 saturated carbocycles. The summed E-state index contributed by atoms with van der Waals surface area (Å²) in [6.45, 7) is 0.904. The number of hydrogen-bond donors (Lipinski definition) is 1. The largest absolute Gasteiger partial charge is 0.493 e. The zero-order valence-corrected chi connectivity index (χ0v) is 17.7. The number of carbonyl (C=O) groups is 1. The van der Waals surface area contributed by atoms with Crippen molar-refractivity contribution in [2.24, 2.45) is 7.05 Å². The molecule has 0 saturated heterocycles. The van der Waals surface area contributed by atoms with Gasteiger partial charge in [-0.1, -0.05) is 0 Å². The van der Waals surface area contributed by atoms with Gasteiger partial charge in [-0.3, -0.25) is 10.1 Å². The molecule has 9 nitrogen and oxygen atoms in total. The van der Waals surface area contributed by atoms with Gasteiger partial charge in [0.1, 0.15) is 5.75 Å². The van der Waals surface area contributed by atoms with E-state index in [-0.39, 0.29) is 0 Å². The Balaban J connectivity index is 1.63. The predicted molar refractivity (Wildman–Crippen MR) is 118 cm³/mol. The quantitative estimate of drug-likeness (QED) is 0.460. The third-order valence-corrected chi connectivity index (χ3v) is 5.27. The maximum atomic E-state index is 12.0. The van der Waals surface area contributed by atoms with E-state index in [2.05, 4.69) is 20.3 Å². The molecule has 4 aromatic rings. The minimum atomic E-state index is -0.405. The van der Waals surface area contributed by atoms with E-state index in [4.69, 9.17) is 14.2 Å². The molecule has 2 bridgehead atoms. The molecule has 1 aliphatic heterocycles. The first kappa shape index (κ1) is 19.8. The topological polar surface area (TPSA) is 104 Å². The predicted octanol–water partition coefficient (Wildman–Crippen LogP) is 3.48. The molecule has 0 spiro atoms. The Hall–Kier alpha value is -4.14. The molecule has 1 N–H and O–H groups in total. The second-order valence-corrected chi connectivity index (χ2v) is 7.34. The number of fused-ring (bicyclic) bond motifs is 4. The van der Waals surface area contributed by atoms with E-state index in [9.17, 15) is 4.79 Å². The Morgan fingerprint density at radius 2 is 2.03 bits per heavy atom. The third kappa shape index (κ3) is 3.58. The van der Waals surface area contributed by atoms with Gasteiger partial charge in [0.15, 0.2) is 0 Å². The van der Waals surface area contributed by atoms with Gasteiger partial charge >= 0.3 is 5.97 Å². The monoisotopic (exact) mass is 431 g/mol. The Bertz CT molecular complexity index is 1340. The van der Waals surface area contributed by atoms with Crippen molar-refractivity contribution in [3.63, 3.8) is 0 Å².